The van der Waals surface area contributed by atoms with E-state index in [2.05, 4.69) is 0 Å². The summed E-state index contributed by atoms with van der Waals surface area (Å²) >= 11 is 17.9. The standard InChI is InChI=1S/C11H13Cl3O/c1-15-7-10(13)3-2-8-6-9(12)4-5-11(8)14/h4-6,10H,2-3,7H2,1H3. The average Bonchev–Trinajstić information content (AvgIpc) is 2.20. The maximum atomic E-state index is 6.02. The highest BCUT2D eigenvalue weighted by molar-refractivity contribution is 6.33. The highest BCUT2D eigenvalue weighted by Gasteiger charge is 2.07. The van der Waals surface area contributed by atoms with Crippen molar-refractivity contribution in [2.45, 2.75) is 18.2 Å². The summed E-state index contributed by atoms with van der Waals surface area (Å²) in [4.78, 5) is 0. The lowest BCUT2D eigenvalue weighted by atomic mass is 10.1. The summed E-state index contributed by atoms with van der Waals surface area (Å²) in [5, 5.41) is 1.46. The Morgan fingerprint density at radius 3 is 2.73 bits per heavy atom. The highest BCUT2D eigenvalue weighted by atomic mass is 35.5. The van der Waals surface area contributed by atoms with Gasteiger partial charge in [0.25, 0.3) is 0 Å². The number of ether oxygens (including phenoxy) is 1. The molecule has 4 heteroatoms. The van der Waals surface area contributed by atoms with Crippen molar-refractivity contribution in [2.24, 2.45) is 0 Å². The Labute approximate surface area is 105 Å². The zero-order valence-electron chi connectivity index (χ0n) is 8.47. The van der Waals surface area contributed by atoms with E-state index in [1.165, 1.54) is 0 Å². The van der Waals surface area contributed by atoms with Crippen LogP contribution in [0, 0.1) is 0 Å². The minimum absolute atomic E-state index is 0.0186. The van der Waals surface area contributed by atoms with Crippen LogP contribution in [-0.2, 0) is 11.2 Å². The van der Waals surface area contributed by atoms with Crippen molar-refractivity contribution in [3.63, 3.8) is 0 Å². The summed E-state index contributed by atoms with van der Waals surface area (Å²) in [6.45, 7) is 0.555. The molecule has 0 saturated heterocycles. The third kappa shape index (κ3) is 4.60. The largest absolute Gasteiger partial charge is 0.383 e. The monoisotopic (exact) mass is 266 g/mol. The van der Waals surface area contributed by atoms with Crippen LogP contribution in [0.25, 0.3) is 0 Å². The smallest absolute Gasteiger partial charge is 0.0626 e. The first-order valence-corrected chi connectivity index (χ1v) is 5.89. The lowest BCUT2D eigenvalue weighted by molar-refractivity contribution is 0.195. The van der Waals surface area contributed by atoms with Crippen LogP contribution >= 0.6 is 34.8 Å². The third-order valence-electron chi connectivity index (χ3n) is 2.08. The number of alkyl halides is 1. The second-order valence-electron chi connectivity index (χ2n) is 3.33. The van der Waals surface area contributed by atoms with Gasteiger partial charge >= 0.3 is 0 Å². The fourth-order valence-electron chi connectivity index (χ4n) is 1.31. The van der Waals surface area contributed by atoms with Crippen LogP contribution < -0.4 is 0 Å². The van der Waals surface area contributed by atoms with E-state index in [1.807, 2.05) is 6.07 Å². The Hall–Kier alpha value is 0.0500. The van der Waals surface area contributed by atoms with Crippen molar-refractivity contribution >= 4 is 34.8 Å². The summed E-state index contributed by atoms with van der Waals surface area (Å²) in [5.74, 6) is 0. The minimum atomic E-state index is 0.0186. The Balaban J connectivity index is 2.53. The van der Waals surface area contributed by atoms with E-state index in [1.54, 1.807) is 19.2 Å². The number of rotatable bonds is 5. The van der Waals surface area contributed by atoms with Crippen LogP contribution in [-0.4, -0.2) is 19.1 Å². The molecule has 0 aromatic heterocycles. The highest BCUT2D eigenvalue weighted by Crippen LogP contribution is 2.22. The zero-order chi connectivity index (χ0) is 11.3. The van der Waals surface area contributed by atoms with Gasteiger partial charge < -0.3 is 4.74 Å². The summed E-state index contributed by atoms with van der Waals surface area (Å²) in [5.41, 5.74) is 1.03. The van der Waals surface area contributed by atoms with Gasteiger partial charge in [0.2, 0.25) is 0 Å². The fraction of sp³-hybridized carbons (Fsp3) is 0.455. The summed E-state index contributed by atoms with van der Waals surface area (Å²) in [6.07, 6.45) is 1.65. The van der Waals surface area contributed by atoms with E-state index in [-0.39, 0.29) is 5.38 Å². The van der Waals surface area contributed by atoms with Crippen LogP contribution in [0.3, 0.4) is 0 Å². The van der Waals surface area contributed by atoms with E-state index >= 15 is 0 Å². The van der Waals surface area contributed by atoms with Crippen LogP contribution in [0.1, 0.15) is 12.0 Å². The first kappa shape index (κ1) is 13.1. The zero-order valence-corrected chi connectivity index (χ0v) is 10.7. The van der Waals surface area contributed by atoms with Crippen LogP contribution in [0.2, 0.25) is 10.0 Å². The summed E-state index contributed by atoms with van der Waals surface area (Å²) < 4.78 is 4.96. The van der Waals surface area contributed by atoms with Crippen molar-refractivity contribution in [1.29, 1.82) is 0 Å². The molecule has 1 aromatic rings. The third-order valence-corrected chi connectivity index (χ3v) is 3.03. The number of benzene rings is 1. The van der Waals surface area contributed by atoms with Gasteiger partial charge in [0.15, 0.2) is 0 Å². The number of hydrogen-bond acceptors (Lipinski definition) is 1. The van der Waals surface area contributed by atoms with Crippen molar-refractivity contribution in [3.8, 4) is 0 Å². The second kappa shape index (κ2) is 6.59. The molecule has 84 valence electrons. The molecular formula is C11H13Cl3O. The van der Waals surface area contributed by atoms with Crippen molar-refractivity contribution in [1.82, 2.24) is 0 Å². The number of aryl methyl sites for hydroxylation is 1. The molecule has 0 saturated carbocycles. The summed E-state index contributed by atoms with van der Waals surface area (Å²) in [6, 6.07) is 5.46. The molecule has 0 spiro atoms. The second-order valence-corrected chi connectivity index (χ2v) is 4.79. The van der Waals surface area contributed by atoms with E-state index in [9.17, 15) is 0 Å². The fourth-order valence-corrected chi connectivity index (χ4v) is 1.95. The molecular weight excluding hydrogens is 254 g/mol. The van der Waals surface area contributed by atoms with Gasteiger partial charge in [0.1, 0.15) is 0 Å². The van der Waals surface area contributed by atoms with Crippen LogP contribution in [0.15, 0.2) is 18.2 Å². The molecule has 0 bridgehead atoms. The first-order chi connectivity index (χ1) is 7.13. The van der Waals surface area contributed by atoms with E-state index < -0.39 is 0 Å². The molecule has 0 aliphatic carbocycles. The van der Waals surface area contributed by atoms with Gasteiger partial charge in [-0.05, 0) is 36.6 Å². The minimum Gasteiger partial charge on any atom is -0.383 e. The Kier molecular flexibility index (Phi) is 5.77. The molecule has 1 unspecified atom stereocenters. The van der Waals surface area contributed by atoms with E-state index in [0.717, 1.165) is 23.4 Å². The Bertz CT molecular complexity index is 315. The molecule has 15 heavy (non-hydrogen) atoms. The predicted molar refractivity (Wildman–Crippen MR) is 66.3 cm³/mol. The number of methoxy groups -OCH3 is 1. The van der Waals surface area contributed by atoms with Gasteiger partial charge in [0.05, 0.1) is 12.0 Å². The predicted octanol–water partition coefficient (Wildman–Crippen LogP) is 4.18. The number of halogens is 3. The molecule has 0 radical (unpaired) electrons. The number of hydrogen-bond donors (Lipinski definition) is 0. The Morgan fingerprint density at radius 1 is 1.33 bits per heavy atom. The van der Waals surface area contributed by atoms with Gasteiger partial charge in [-0.3, -0.25) is 0 Å². The van der Waals surface area contributed by atoms with Gasteiger partial charge in [0, 0.05) is 17.2 Å². The lowest BCUT2D eigenvalue weighted by Crippen LogP contribution is -2.08. The molecule has 0 fully saturated rings. The van der Waals surface area contributed by atoms with Crippen molar-refractivity contribution < 1.29 is 4.74 Å². The molecule has 0 amide bonds. The normalized spacial score (nSPS) is 12.8. The lowest BCUT2D eigenvalue weighted by Gasteiger charge is -2.09. The van der Waals surface area contributed by atoms with Crippen LogP contribution in [0.4, 0.5) is 0 Å². The Morgan fingerprint density at radius 2 is 2.07 bits per heavy atom. The molecule has 1 nitrogen and oxygen atoms in total. The van der Waals surface area contributed by atoms with E-state index in [0.29, 0.717) is 11.6 Å². The average molecular weight is 268 g/mol. The van der Waals surface area contributed by atoms with E-state index in [4.69, 9.17) is 39.5 Å². The van der Waals surface area contributed by atoms with Gasteiger partial charge in [-0.1, -0.05) is 23.2 Å². The topological polar surface area (TPSA) is 9.23 Å². The molecule has 0 heterocycles. The maximum Gasteiger partial charge on any atom is 0.0626 e. The van der Waals surface area contributed by atoms with Crippen molar-refractivity contribution in [2.75, 3.05) is 13.7 Å². The quantitative estimate of drug-likeness (QED) is 0.727. The molecule has 0 N–H and O–H groups in total. The first-order valence-electron chi connectivity index (χ1n) is 4.70. The molecule has 1 rings (SSSR count). The van der Waals surface area contributed by atoms with Gasteiger partial charge in [-0.25, -0.2) is 0 Å². The molecule has 1 aromatic carbocycles. The molecule has 0 aliphatic rings. The summed E-state index contributed by atoms with van der Waals surface area (Å²) in [7, 11) is 1.64. The van der Waals surface area contributed by atoms with Crippen LogP contribution in [0.5, 0.6) is 0 Å². The molecule has 1 atom stereocenters. The maximum absolute atomic E-state index is 6.02. The SMILES string of the molecule is COCC(Cl)CCc1cc(Cl)ccc1Cl. The van der Waals surface area contributed by atoms with Crippen molar-refractivity contribution in [3.05, 3.63) is 33.8 Å². The molecule has 0 aliphatic heterocycles. The van der Waals surface area contributed by atoms with Gasteiger partial charge in [-0.2, -0.15) is 0 Å². The van der Waals surface area contributed by atoms with Gasteiger partial charge in [-0.15, -0.1) is 11.6 Å².